The van der Waals surface area contributed by atoms with Crippen molar-refractivity contribution in [2.75, 3.05) is 0 Å². The molecular weight excluding hydrogens is 256 g/mol. The van der Waals surface area contributed by atoms with Crippen molar-refractivity contribution in [1.82, 2.24) is 0 Å². The Morgan fingerprint density at radius 2 is 0.905 bits per heavy atom. The summed E-state index contributed by atoms with van der Waals surface area (Å²) in [6, 6.07) is 0. The number of carbonyl (C=O) groups is 1. The molecule has 0 bridgehead atoms. The summed E-state index contributed by atoms with van der Waals surface area (Å²) in [6.07, 6.45) is 22.4. The maximum Gasteiger partial charge on any atom is 0.123 e. The summed E-state index contributed by atoms with van der Waals surface area (Å²) in [5.41, 5.74) is 0. The lowest BCUT2D eigenvalue weighted by molar-refractivity contribution is -0.111. The first-order valence-electron chi connectivity index (χ1n) is 9.80. The summed E-state index contributed by atoms with van der Waals surface area (Å²) in [4.78, 5) is 11.1. The zero-order valence-corrected chi connectivity index (χ0v) is 14.9. The number of aldehydes is 1. The van der Waals surface area contributed by atoms with Gasteiger partial charge in [-0.15, -0.1) is 0 Å². The van der Waals surface area contributed by atoms with E-state index < -0.39 is 0 Å². The van der Waals surface area contributed by atoms with Gasteiger partial charge in [-0.05, 0) is 12.8 Å². The van der Waals surface area contributed by atoms with Gasteiger partial charge in [0.2, 0.25) is 0 Å². The Kier molecular flexibility index (Phi) is 17.4. The fraction of sp³-hybridized carbons (Fsp3) is 0.950. The molecule has 0 aliphatic carbocycles. The van der Waals surface area contributed by atoms with E-state index in [1.165, 1.54) is 96.2 Å². The molecule has 0 rings (SSSR count). The Morgan fingerprint density at radius 3 is 1.29 bits per heavy atom. The maximum absolute atomic E-state index is 11.1. The molecule has 1 nitrogen and oxygen atoms in total. The molecule has 0 amide bonds. The van der Waals surface area contributed by atoms with Gasteiger partial charge in [0.1, 0.15) is 6.29 Å². The van der Waals surface area contributed by atoms with Gasteiger partial charge in [0, 0.05) is 5.92 Å². The monoisotopic (exact) mass is 296 g/mol. The lowest BCUT2D eigenvalue weighted by atomic mass is 9.95. The number of carbonyl (C=O) groups excluding carboxylic acids is 1. The second-order valence-electron chi connectivity index (χ2n) is 6.72. The minimum Gasteiger partial charge on any atom is -0.303 e. The second kappa shape index (κ2) is 17.7. The van der Waals surface area contributed by atoms with Crippen LogP contribution < -0.4 is 0 Å². The first-order valence-corrected chi connectivity index (χ1v) is 9.80. The summed E-state index contributed by atoms with van der Waals surface area (Å²) in [5, 5.41) is 0. The van der Waals surface area contributed by atoms with Crippen LogP contribution in [0.3, 0.4) is 0 Å². The average molecular weight is 297 g/mol. The van der Waals surface area contributed by atoms with Crippen LogP contribution in [0.5, 0.6) is 0 Å². The lowest BCUT2D eigenvalue weighted by Crippen LogP contribution is -2.02. The molecule has 0 spiro atoms. The van der Waals surface area contributed by atoms with E-state index in [0.717, 1.165) is 12.8 Å². The highest BCUT2D eigenvalue weighted by Crippen LogP contribution is 2.17. The van der Waals surface area contributed by atoms with Crippen LogP contribution in [0.2, 0.25) is 0 Å². The highest BCUT2D eigenvalue weighted by atomic mass is 16.1. The Morgan fingerprint density at radius 1 is 0.571 bits per heavy atom. The van der Waals surface area contributed by atoms with Crippen molar-refractivity contribution in [2.45, 2.75) is 117 Å². The molecule has 0 saturated carbocycles. The van der Waals surface area contributed by atoms with E-state index in [-0.39, 0.29) is 0 Å². The first-order chi connectivity index (χ1) is 10.3. The molecule has 1 unspecified atom stereocenters. The van der Waals surface area contributed by atoms with Crippen molar-refractivity contribution in [1.29, 1.82) is 0 Å². The minimum atomic E-state index is 0.343. The first kappa shape index (κ1) is 20.7. The summed E-state index contributed by atoms with van der Waals surface area (Å²) in [6.45, 7) is 4.51. The molecule has 0 N–H and O–H groups in total. The van der Waals surface area contributed by atoms with Crippen LogP contribution in [0.15, 0.2) is 0 Å². The minimum absolute atomic E-state index is 0.343. The molecule has 0 aromatic heterocycles. The molecular formula is C20H40O. The standard InChI is InChI=1S/C20H40O/c1-3-5-7-9-10-11-12-13-14-16-18-20(19-21)17-15-8-6-4-2/h19-20H,3-18H2,1-2H3. The Labute approximate surface area is 134 Å². The van der Waals surface area contributed by atoms with Crippen LogP contribution in [0.25, 0.3) is 0 Å². The summed E-state index contributed by atoms with van der Waals surface area (Å²) < 4.78 is 0. The third kappa shape index (κ3) is 15.9. The van der Waals surface area contributed by atoms with Gasteiger partial charge < -0.3 is 4.79 Å². The fourth-order valence-electron chi connectivity index (χ4n) is 3.01. The van der Waals surface area contributed by atoms with Gasteiger partial charge in [-0.3, -0.25) is 0 Å². The number of hydrogen-bond donors (Lipinski definition) is 0. The van der Waals surface area contributed by atoms with Crippen LogP contribution in [0.4, 0.5) is 0 Å². The molecule has 0 aliphatic rings. The Bertz CT molecular complexity index is 200. The third-order valence-electron chi connectivity index (χ3n) is 4.55. The summed E-state index contributed by atoms with van der Waals surface area (Å²) in [5.74, 6) is 0.343. The van der Waals surface area contributed by atoms with Crippen LogP contribution in [-0.4, -0.2) is 6.29 Å². The normalized spacial score (nSPS) is 12.5. The zero-order chi connectivity index (χ0) is 15.6. The van der Waals surface area contributed by atoms with Crippen molar-refractivity contribution in [2.24, 2.45) is 5.92 Å². The van der Waals surface area contributed by atoms with Crippen LogP contribution in [-0.2, 0) is 4.79 Å². The van der Waals surface area contributed by atoms with Crippen LogP contribution in [0, 0.1) is 5.92 Å². The predicted molar refractivity (Wildman–Crippen MR) is 94.8 cm³/mol. The van der Waals surface area contributed by atoms with Gasteiger partial charge in [0.05, 0.1) is 0 Å². The van der Waals surface area contributed by atoms with Gasteiger partial charge in [-0.2, -0.15) is 0 Å². The van der Waals surface area contributed by atoms with Crippen molar-refractivity contribution in [3.63, 3.8) is 0 Å². The van der Waals surface area contributed by atoms with Gasteiger partial charge >= 0.3 is 0 Å². The largest absolute Gasteiger partial charge is 0.303 e. The third-order valence-corrected chi connectivity index (χ3v) is 4.55. The van der Waals surface area contributed by atoms with Crippen molar-refractivity contribution in [3.05, 3.63) is 0 Å². The topological polar surface area (TPSA) is 17.1 Å². The smallest absolute Gasteiger partial charge is 0.123 e. The molecule has 21 heavy (non-hydrogen) atoms. The molecule has 1 atom stereocenters. The van der Waals surface area contributed by atoms with Crippen molar-refractivity contribution < 1.29 is 4.79 Å². The maximum atomic E-state index is 11.1. The van der Waals surface area contributed by atoms with Crippen molar-refractivity contribution >= 4 is 6.29 Å². The van der Waals surface area contributed by atoms with Gasteiger partial charge in [0.25, 0.3) is 0 Å². The van der Waals surface area contributed by atoms with E-state index in [1.807, 2.05) is 0 Å². The lowest BCUT2D eigenvalue weighted by Gasteiger charge is -2.09. The molecule has 0 aromatic carbocycles. The quantitative estimate of drug-likeness (QED) is 0.207. The van der Waals surface area contributed by atoms with E-state index >= 15 is 0 Å². The van der Waals surface area contributed by atoms with Gasteiger partial charge in [0.15, 0.2) is 0 Å². The molecule has 0 heterocycles. The van der Waals surface area contributed by atoms with E-state index in [4.69, 9.17) is 0 Å². The average Bonchev–Trinajstić information content (AvgIpc) is 2.51. The second-order valence-corrected chi connectivity index (χ2v) is 6.72. The molecule has 126 valence electrons. The molecule has 0 fully saturated rings. The Balaban J connectivity index is 3.25. The van der Waals surface area contributed by atoms with E-state index in [1.54, 1.807) is 0 Å². The van der Waals surface area contributed by atoms with E-state index in [9.17, 15) is 4.79 Å². The van der Waals surface area contributed by atoms with E-state index in [0.29, 0.717) is 5.92 Å². The van der Waals surface area contributed by atoms with Gasteiger partial charge in [-0.1, -0.05) is 104 Å². The number of unbranched alkanes of at least 4 members (excludes halogenated alkanes) is 12. The van der Waals surface area contributed by atoms with Gasteiger partial charge in [-0.25, -0.2) is 0 Å². The summed E-state index contributed by atoms with van der Waals surface area (Å²) >= 11 is 0. The Hall–Kier alpha value is -0.330. The zero-order valence-electron chi connectivity index (χ0n) is 14.9. The predicted octanol–water partition coefficient (Wildman–Crippen LogP) is 7.08. The highest BCUT2D eigenvalue weighted by molar-refractivity contribution is 5.53. The fourth-order valence-corrected chi connectivity index (χ4v) is 3.01. The molecule has 0 aliphatic heterocycles. The molecule has 0 saturated heterocycles. The highest BCUT2D eigenvalue weighted by Gasteiger charge is 2.06. The number of rotatable bonds is 17. The molecule has 0 radical (unpaired) electrons. The SMILES string of the molecule is CCCCCCCCCCCCC(C=O)CCCCCC. The van der Waals surface area contributed by atoms with E-state index in [2.05, 4.69) is 13.8 Å². The number of hydrogen-bond acceptors (Lipinski definition) is 1. The molecule has 0 aromatic rings. The van der Waals surface area contributed by atoms with Crippen LogP contribution >= 0.6 is 0 Å². The van der Waals surface area contributed by atoms with Crippen molar-refractivity contribution in [3.8, 4) is 0 Å². The molecule has 1 heteroatoms. The summed E-state index contributed by atoms with van der Waals surface area (Å²) in [7, 11) is 0. The van der Waals surface area contributed by atoms with Crippen LogP contribution in [0.1, 0.15) is 117 Å².